The van der Waals surface area contributed by atoms with Gasteiger partial charge >= 0.3 is 0 Å². The van der Waals surface area contributed by atoms with Crippen LogP contribution in [0.15, 0.2) is 16.9 Å². The lowest BCUT2D eigenvalue weighted by Gasteiger charge is -2.42. The number of amides is 1. The minimum Gasteiger partial charge on any atom is -0.353 e. The second-order valence-corrected chi connectivity index (χ2v) is 7.45. The molecular weight excluding hydrogens is 320 g/mol. The maximum absolute atomic E-state index is 12.5. The molecule has 0 bridgehead atoms. The molecule has 1 aliphatic heterocycles. The minimum atomic E-state index is -0.110. The van der Waals surface area contributed by atoms with Gasteiger partial charge in [0.05, 0.1) is 21.6 Å². The lowest BCUT2D eigenvalue weighted by Crippen LogP contribution is -2.53. The Hall–Kier alpha value is -0.880. The van der Waals surface area contributed by atoms with Gasteiger partial charge in [-0.2, -0.15) is 5.10 Å². The van der Waals surface area contributed by atoms with Crippen molar-refractivity contribution < 1.29 is 4.79 Å². The first-order chi connectivity index (χ1) is 9.65. The highest BCUT2D eigenvalue weighted by Gasteiger charge is 2.56. The molecule has 2 aliphatic carbocycles. The van der Waals surface area contributed by atoms with Crippen molar-refractivity contribution in [2.75, 3.05) is 19.6 Å². The van der Waals surface area contributed by atoms with Crippen molar-refractivity contribution in [1.82, 2.24) is 20.4 Å². The molecule has 5 nitrogen and oxygen atoms in total. The first-order valence-corrected chi connectivity index (χ1v) is 8.14. The summed E-state index contributed by atoms with van der Waals surface area (Å²) >= 11 is 3.43. The van der Waals surface area contributed by atoms with Crippen LogP contribution in [0.3, 0.4) is 0 Å². The highest BCUT2D eigenvalue weighted by atomic mass is 79.9. The van der Waals surface area contributed by atoms with E-state index >= 15 is 0 Å². The van der Waals surface area contributed by atoms with Gasteiger partial charge in [-0.15, -0.1) is 0 Å². The van der Waals surface area contributed by atoms with Crippen LogP contribution >= 0.6 is 15.9 Å². The third-order valence-electron chi connectivity index (χ3n) is 5.45. The van der Waals surface area contributed by atoms with Gasteiger partial charge in [0, 0.05) is 19.3 Å². The summed E-state index contributed by atoms with van der Waals surface area (Å²) in [7, 11) is 0. The quantitative estimate of drug-likeness (QED) is 0.868. The molecule has 0 aromatic carbocycles. The molecule has 108 valence electrons. The Bertz CT molecular complexity index is 553. The molecule has 6 heteroatoms. The number of hydrogen-bond donors (Lipinski definition) is 2. The maximum atomic E-state index is 12.5. The Morgan fingerprint density at radius 1 is 1.55 bits per heavy atom. The predicted octanol–water partition coefficient (Wildman–Crippen LogP) is 1.25. The highest BCUT2D eigenvalue weighted by Crippen LogP contribution is 2.49. The van der Waals surface area contributed by atoms with Gasteiger partial charge in [0.15, 0.2) is 0 Å². The number of nitrogens with zero attached hydrogens (tertiary/aromatic N) is 2. The van der Waals surface area contributed by atoms with Crippen molar-refractivity contribution in [3.63, 3.8) is 0 Å². The standard InChI is InChI=1S/C14H19BrN4O/c15-11-6-18-19(7-11)13(3-4-13)8-17-12(20)14-2-1-10(14)5-16-9-14/h6-7,10,16H,1-5,8-9H2,(H,17,20)/t10-,14-/m0/s1. The first kappa shape index (κ1) is 12.8. The van der Waals surface area contributed by atoms with E-state index < -0.39 is 0 Å². The van der Waals surface area contributed by atoms with E-state index in [2.05, 4.69) is 31.7 Å². The van der Waals surface area contributed by atoms with Gasteiger partial charge in [-0.3, -0.25) is 9.48 Å². The molecular formula is C14H19BrN4O. The summed E-state index contributed by atoms with van der Waals surface area (Å²) in [5.74, 6) is 0.799. The van der Waals surface area contributed by atoms with Crippen LogP contribution in [0.1, 0.15) is 25.7 Å². The summed E-state index contributed by atoms with van der Waals surface area (Å²) in [6, 6.07) is 0. The molecule has 4 rings (SSSR count). The fraction of sp³-hybridized carbons (Fsp3) is 0.714. The normalized spacial score (nSPS) is 33.4. The zero-order valence-corrected chi connectivity index (χ0v) is 12.9. The zero-order chi connectivity index (χ0) is 13.8. The van der Waals surface area contributed by atoms with Crippen molar-refractivity contribution >= 4 is 21.8 Å². The van der Waals surface area contributed by atoms with Crippen molar-refractivity contribution in [3.8, 4) is 0 Å². The van der Waals surface area contributed by atoms with Crippen LogP contribution in [0.25, 0.3) is 0 Å². The fourth-order valence-corrected chi connectivity index (χ4v) is 3.97. The molecule has 2 heterocycles. The fourth-order valence-electron chi connectivity index (χ4n) is 3.69. The summed E-state index contributed by atoms with van der Waals surface area (Å²) in [4.78, 5) is 12.5. The van der Waals surface area contributed by atoms with Crippen LogP contribution in [0.4, 0.5) is 0 Å². The Balaban J connectivity index is 1.42. The summed E-state index contributed by atoms with van der Waals surface area (Å²) in [5.41, 5.74) is -0.0929. The predicted molar refractivity (Wildman–Crippen MR) is 78.2 cm³/mol. The summed E-state index contributed by atoms with van der Waals surface area (Å²) in [6.07, 6.45) is 8.23. The molecule has 2 saturated carbocycles. The van der Waals surface area contributed by atoms with E-state index in [4.69, 9.17) is 0 Å². The van der Waals surface area contributed by atoms with E-state index in [-0.39, 0.29) is 16.9 Å². The monoisotopic (exact) mass is 338 g/mol. The third-order valence-corrected chi connectivity index (χ3v) is 5.86. The van der Waals surface area contributed by atoms with E-state index in [0.717, 1.165) is 36.8 Å². The Labute approximate surface area is 126 Å². The van der Waals surface area contributed by atoms with Gasteiger partial charge in [-0.05, 0) is 54.1 Å². The lowest BCUT2D eigenvalue weighted by molar-refractivity contribution is -0.138. The van der Waals surface area contributed by atoms with Crippen LogP contribution in [-0.2, 0) is 10.3 Å². The van der Waals surface area contributed by atoms with E-state index in [1.54, 1.807) is 0 Å². The van der Waals surface area contributed by atoms with E-state index in [0.29, 0.717) is 12.5 Å². The van der Waals surface area contributed by atoms with Gasteiger partial charge in [0.25, 0.3) is 0 Å². The number of halogens is 1. The SMILES string of the molecule is O=C(NCC1(n2cc(Br)cn2)CC1)[C@]12CC[C@H]1CNC2. The lowest BCUT2D eigenvalue weighted by atomic mass is 9.61. The third kappa shape index (κ3) is 1.77. The highest BCUT2D eigenvalue weighted by molar-refractivity contribution is 9.10. The number of rotatable bonds is 4. The number of fused-ring (bicyclic) bond motifs is 1. The first-order valence-electron chi connectivity index (χ1n) is 7.34. The maximum Gasteiger partial charge on any atom is 0.227 e. The zero-order valence-electron chi connectivity index (χ0n) is 11.4. The number of aromatic nitrogens is 2. The Morgan fingerprint density at radius 2 is 2.40 bits per heavy atom. The molecule has 3 fully saturated rings. The average molecular weight is 339 g/mol. The molecule has 0 unspecified atom stereocenters. The second kappa shape index (κ2) is 4.31. The molecule has 2 atom stereocenters. The van der Waals surface area contributed by atoms with E-state index in [1.165, 1.54) is 6.42 Å². The molecule has 1 amide bonds. The van der Waals surface area contributed by atoms with Gasteiger partial charge < -0.3 is 10.6 Å². The Morgan fingerprint density at radius 3 is 2.95 bits per heavy atom. The van der Waals surface area contributed by atoms with Crippen LogP contribution < -0.4 is 10.6 Å². The average Bonchev–Trinajstić information content (AvgIpc) is 2.99. The van der Waals surface area contributed by atoms with Crippen molar-refractivity contribution in [3.05, 3.63) is 16.9 Å². The molecule has 1 aromatic heterocycles. The summed E-state index contributed by atoms with van der Waals surface area (Å²) in [5, 5.41) is 10.9. The van der Waals surface area contributed by atoms with Crippen molar-refractivity contribution in [2.24, 2.45) is 11.3 Å². The van der Waals surface area contributed by atoms with Crippen molar-refractivity contribution in [2.45, 2.75) is 31.2 Å². The van der Waals surface area contributed by atoms with E-state index in [9.17, 15) is 4.79 Å². The van der Waals surface area contributed by atoms with Gasteiger partial charge in [-0.25, -0.2) is 0 Å². The van der Waals surface area contributed by atoms with Gasteiger partial charge in [0.2, 0.25) is 5.91 Å². The molecule has 3 aliphatic rings. The number of carbonyl (C=O) groups is 1. The summed E-state index contributed by atoms with van der Waals surface area (Å²) < 4.78 is 2.99. The molecule has 1 aromatic rings. The van der Waals surface area contributed by atoms with Crippen LogP contribution in [0.2, 0.25) is 0 Å². The number of nitrogens with one attached hydrogen (secondary N) is 2. The smallest absolute Gasteiger partial charge is 0.227 e. The minimum absolute atomic E-state index is 0.0175. The number of carbonyl (C=O) groups excluding carboxylic acids is 1. The van der Waals surface area contributed by atoms with E-state index in [1.807, 2.05) is 17.1 Å². The summed E-state index contributed by atoms with van der Waals surface area (Å²) in [6.45, 7) is 2.56. The van der Waals surface area contributed by atoms with Crippen molar-refractivity contribution in [1.29, 1.82) is 0 Å². The number of hydrogen-bond acceptors (Lipinski definition) is 3. The topological polar surface area (TPSA) is 59.0 Å². The molecule has 0 radical (unpaired) electrons. The van der Waals surface area contributed by atoms with Crippen LogP contribution in [0.5, 0.6) is 0 Å². The molecule has 20 heavy (non-hydrogen) atoms. The van der Waals surface area contributed by atoms with Gasteiger partial charge in [0.1, 0.15) is 0 Å². The Kier molecular flexibility index (Phi) is 2.76. The van der Waals surface area contributed by atoms with Gasteiger partial charge in [-0.1, -0.05) is 0 Å². The largest absolute Gasteiger partial charge is 0.353 e. The molecule has 2 N–H and O–H groups in total. The van der Waals surface area contributed by atoms with Crippen LogP contribution in [0, 0.1) is 11.3 Å². The van der Waals surface area contributed by atoms with Crippen LogP contribution in [-0.4, -0.2) is 35.3 Å². The molecule has 1 saturated heterocycles. The molecule has 0 spiro atoms. The second-order valence-electron chi connectivity index (χ2n) is 6.53.